The number of aromatic nitrogens is 3. The van der Waals surface area contributed by atoms with Gasteiger partial charge in [0.15, 0.2) is 5.65 Å². The largest absolute Gasteiger partial charge is 0.475 e. The van der Waals surface area contributed by atoms with Crippen molar-refractivity contribution in [1.82, 2.24) is 19.5 Å². The van der Waals surface area contributed by atoms with Crippen LogP contribution < -0.4 is 10.1 Å². The Morgan fingerprint density at radius 1 is 1.32 bits per heavy atom. The van der Waals surface area contributed by atoms with Gasteiger partial charge in [0.1, 0.15) is 18.5 Å². The van der Waals surface area contributed by atoms with Crippen LogP contribution in [-0.4, -0.2) is 62.4 Å². The van der Waals surface area contributed by atoms with Crippen molar-refractivity contribution < 1.29 is 19.0 Å². The third-order valence-electron chi connectivity index (χ3n) is 5.16. The van der Waals surface area contributed by atoms with Gasteiger partial charge in [0, 0.05) is 43.0 Å². The topological polar surface area (TPSA) is 92.0 Å². The number of carbonyl (C=O) groups excluding carboxylic acids is 1. The number of nitrogens with one attached hydrogen (secondary N) is 1. The molecule has 0 radical (unpaired) electrons. The molecule has 9 heteroatoms. The van der Waals surface area contributed by atoms with Gasteiger partial charge in [-0.05, 0) is 23.8 Å². The standard InChI is InChI=1S/C19H18FN5O3/c20-12-5-11-6-13(7-12)21-2-4-24-14(8-16(26)19(24)27)10-28-17-1-3-25-18(23-17)15(11)9-22-25/h1,3,5-7,9,14,16,21,26H,2,4,8,10H2/t14-,16+/m0/s1. The molecule has 4 bridgehead atoms. The average Bonchev–Trinajstić information content (AvgIpc) is 3.21. The fraction of sp³-hybridized carbons (Fsp3) is 0.316. The van der Waals surface area contributed by atoms with Crippen molar-refractivity contribution in [1.29, 1.82) is 0 Å². The lowest BCUT2D eigenvalue weighted by molar-refractivity contribution is -0.135. The van der Waals surface area contributed by atoms with Crippen LogP contribution in [0.5, 0.6) is 5.88 Å². The highest BCUT2D eigenvalue weighted by Crippen LogP contribution is 2.29. The van der Waals surface area contributed by atoms with E-state index in [1.54, 1.807) is 27.9 Å². The molecular formula is C19H18FN5O3. The monoisotopic (exact) mass is 383 g/mol. The molecule has 1 aromatic carbocycles. The number of hydrogen-bond acceptors (Lipinski definition) is 6. The summed E-state index contributed by atoms with van der Waals surface area (Å²) in [4.78, 5) is 18.4. The Morgan fingerprint density at radius 2 is 2.21 bits per heavy atom. The SMILES string of the molecule is O=C1[C@H](O)C[C@H]2COc3ccn4ncc(c4n3)-c3cc(F)cc(c3)NCCN12. The minimum atomic E-state index is -1.03. The van der Waals surface area contributed by atoms with E-state index in [1.165, 1.54) is 12.1 Å². The van der Waals surface area contributed by atoms with E-state index in [0.717, 1.165) is 0 Å². The lowest BCUT2D eigenvalue weighted by Gasteiger charge is -2.25. The van der Waals surface area contributed by atoms with Crippen LogP contribution in [0.15, 0.2) is 36.7 Å². The Morgan fingerprint density at radius 3 is 3.11 bits per heavy atom. The molecule has 2 aliphatic heterocycles. The van der Waals surface area contributed by atoms with E-state index in [-0.39, 0.29) is 24.4 Å². The van der Waals surface area contributed by atoms with Crippen molar-refractivity contribution in [2.45, 2.75) is 18.6 Å². The number of carbonyl (C=O) groups is 1. The number of fused-ring (bicyclic) bond motifs is 5. The molecule has 0 unspecified atom stereocenters. The van der Waals surface area contributed by atoms with Crippen LogP contribution in [0.3, 0.4) is 0 Å². The molecule has 0 saturated carbocycles. The van der Waals surface area contributed by atoms with Gasteiger partial charge in [0.2, 0.25) is 5.88 Å². The molecule has 5 rings (SSSR count). The molecule has 2 aromatic heterocycles. The first-order valence-electron chi connectivity index (χ1n) is 9.09. The summed E-state index contributed by atoms with van der Waals surface area (Å²) in [6.45, 7) is 1.03. The van der Waals surface area contributed by atoms with E-state index in [1.807, 2.05) is 6.07 Å². The number of anilines is 1. The van der Waals surface area contributed by atoms with Gasteiger partial charge in [0.25, 0.3) is 5.91 Å². The van der Waals surface area contributed by atoms with Crippen LogP contribution in [0, 0.1) is 5.82 Å². The zero-order valence-electron chi connectivity index (χ0n) is 14.9. The minimum Gasteiger partial charge on any atom is -0.475 e. The third kappa shape index (κ3) is 2.84. The van der Waals surface area contributed by atoms with Crippen molar-refractivity contribution in [3.05, 3.63) is 42.5 Å². The summed E-state index contributed by atoms with van der Waals surface area (Å²) < 4.78 is 21.6. The summed E-state index contributed by atoms with van der Waals surface area (Å²) in [6, 6.07) is 6.09. The highest BCUT2D eigenvalue weighted by Gasteiger charge is 2.38. The van der Waals surface area contributed by atoms with Gasteiger partial charge in [-0.15, -0.1) is 0 Å². The number of ether oxygens (including phenoxy) is 1. The number of halogens is 1. The maximum atomic E-state index is 14.2. The van der Waals surface area contributed by atoms with Gasteiger partial charge in [-0.2, -0.15) is 10.1 Å². The van der Waals surface area contributed by atoms with Crippen LogP contribution in [0.1, 0.15) is 6.42 Å². The number of amides is 1. The van der Waals surface area contributed by atoms with Gasteiger partial charge in [-0.3, -0.25) is 4.79 Å². The summed E-state index contributed by atoms with van der Waals surface area (Å²) in [5, 5.41) is 17.4. The van der Waals surface area contributed by atoms with E-state index in [9.17, 15) is 14.3 Å². The maximum absolute atomic E-state index is 14.2. The molecule has 28 heavy (non-hydrogen) atoms. The first-order valence-corrected chi connectivity index (χ1v) is 9.09. The average molecular weight is 383 g/mol. The molecule has 8 nitrogen and oxygen atoms in total. The lowest BCUT2D eigenvalue weighted by Crippen LogP contribution is -2.40. The van der Waals surface area contributed by atoms with Gasteiger partial charge in [-0.25, -0.2) is 8.91 Å². The molecule has 1 saturated heterocycles. The number of benzene rings is 1. The van der Waals surface area contributed by atoms with Crippen molar-refractivity contribution in [3.8, 4) is 17.0 Å². The van der Waals surface area contributed by atoms with E-state index >= 15 is 0 Å². The van der Waals surface area contributed by atoms with Crippen LogP contribution >= 0.6 is 0 Å². The summed E-state index contributed by atoms with van der Waals surface area (Å²) in [5.41, 5.74) is 2.48. The Labute approximate surface area is 159 Å². The number of nitrogens with zero attached hydrogens (tertiary/aromatic N) is 4. The predicted octanol–water partition coefficient (Wildman–Crippen LogP) is 1.30. The predicted molar refractivity (Wildman–Crippen MR) is 98.5 cm³/mol. The summed E-state index contributed by atoms with van der Waals surface area (Å²) in [5.74, 6) is -0.317. The zero-order chi connectivity index (χ0) is 19.3. The molecule has 1 amide bonds. The highest BCUT2D eigenvalue weighted by molar-refractivity contribution is 5.83. The fourth-order valence-corrected chi connectivity index (χ4v) is 3.79. The molecular weight excluding hydrogens is 365 g/mol. The first kappa shape index (κ1) is 16.9. The third-order valence-corrected chi connectivity index (χ3v) is 5.16. The van der Waals surface area contributed by atoms with Crippen molar-refractivity contribution in [2.75, 3.05) is 25.0 Å². The molecule has 0 aliphatic carbocycles. The van der Waals surface area contributed by atoms with Gasteiger partial charge in [0.05, 0.1) is 12.2 Å². The second-order valence-corrected chi connectivity index (χ2v) is 7.00. The first-order chi connectivity index (χ1) is 13.6. The van der Waals surface area contributed by atoms with E-state index in [2.05, 4.69) is 15.4 Å². The second kappa shape index (κ2) is 6.45. The van der Waals surface area contributed by atoms with E-state index < -0.39 is 6.10 Å². The molecule has 2 N–H and O–H groups in total. The maximum Gasteiger partial charge on any atom is 0.251 e. The van der Waals surface area contributed by atoms with Crippen LogP contribution in [0.25, 0.3) is 16.8 Å². The van der Waals surface area contributed by atoms with E-state index in [0.29, 0.717) is 47.9 Å². The molecule has 1 fully saturated rings. The van der Waals surface area contributed by atoms with Crippen LogP contribution in [-0.2, 0) is 4.79 Å². The van der Waals surface area contributed by atoms with Gasteiger partial charge in [-0.1, -0.05) is 0 Å². The van der Waals surface area contributed by atoms with Crippen LogP contribution in [0.4, 0.5) is 10.1 Å². The Kier molecular flexibility index (Phi) is 3.90. The van der Waals surface area contributed by atoms with Gasteiger partial charge >= 0.3 is 0 Å². The van der Waals surface area contributed by atoms with Crippen LogP contribution in [0.2, 0.25) is 0 Å². The normalized spacial score (nSPS) is 21.9. The number of hydrogen-bond donors (Lipinski definition) is 2. The fourth-order valence-electron chi connectivity index (χ4n) is 3.79. The Balaban J connectivity index is 1.60. The summed E-state index contributed by atoms with van der Waals surface area (Å²) in [6.07, 6.45) is 2.65. The van der Waals surface area contributed by atoms with Crippen molar-refractivity contribution in [2.24, 2.45) is 0 Å². The zero-order valence-corrected chi connectivity index (χ0v) is 14.9. The Bertz CT molecular complexity index is 1070. The molecule has 144 valence electrons. The quantitative estimate of drug-likeness (QED) is 0.608. The number of aliphatic hydroxyl groups is 1. The minimum absolute atomic E-state index is 0.232. The molecule has 0 spiro atoms. The lowest BCUT2D eigenvalue weighted by atomic mass is 10.1. The second-order valence-electron chi connectivity index (χ2n) is 7.00. The smallest absolute Gasteiger partial charge is 0.251 e. The summed E-state index contributed by atoms with van der Waals surface area (Å²) >= 11 is 0. The Hall–Kier alpha value is -3.20. The van der Waals surface area contributed by atoms with Crippen molar-refractivity contribution in [3.63, 3.8) is 0 Å². The number of rotatable bonds is 0. The molecule has 3 aromatic rings. The van der Waals surface area contributed by atoms with E-state index in [4.69, 9.17) is 4.74 Å². The molecule has 4 heterocycles. The van der Waals surface area contributed by atoms with Gasteiger partial charge < -0.3 is 20.1 Å². The summed E-state index contributed by atoms with van der Waals surface area (Å²) in [7, 11) is 0. The highest BCUT2D eigenvalue weighted by atomic mass is 19.1. The molecule has 2 atom stereocenters. The number of aliphatic hydroxyl groups excluding tert-OH is 1. The van der Waals surface area contributed by atoms with Crippen molar-refractivity contribution >= 4 is 17.2 Å². The molecule has 2 aliphatic rings.